The third-order valence-corrected chi connectivity index (χ3v) is 5.75. The Morgan fingerprint density at radius 3 is 2.51 bits per heavy atom. The zero-order chi connectivity index (χ0) is 24.8. The number of methoxy groups -OCH3 is 2. The van der Waals surface area contributed by atoms with E-state index in [1.165, 1.54) is 16.8 Å². The third-order valence-electron chi connectivity index (χ3n) is 5.75. The van der Waals surface area contributed by atoms with Gasteiger partial charge in [-0.15, -0.1) is 0 Å². The van der Waals surface area contributed by atoms with Crippen LogP contribution in [0.25, 0.3) is 16.9 Å². The SMILES string of the molecule is COc1ccc(-c2cc(C(=O)NCCN3CCOCC3)n(-c3ccc([N+](=O)[O-])cc3)n2)c(OC)c1. The Bertz CT molecular complexity index is 1190. The molecule has 1 aromatic heterocycles. The first kappa shape index (κ1) is 24.2. The van der Waals surface area contributed by atoms with Crippen LogP contribution >= 0.6 is 0 Å². The molecule has 1 N–H and O–H groups in total. The maximum atomic E-state index is 13.2. The molecule has 1 saturated heterocycles. The number of carbonyl (C=O) groups excluding carboxylic acids is 1. The van der Waals surface area contributed by atoms with Gasteiger partial charge in [-0.05, 0) is 30.3 Å². The number of non-ortho nitro benzene ring substituents is 1. The number of aromatic nitrogens is 2. The average molecular weight is 482 g/mol. The highest BCUT2D eigenvalue weighted by Gasteiger charge is 2.21. The van der Waals surface area contributed by atoms with Crippen molar-refractivity contribution in [1.82, 2.24) is 20.0 Å². The number of rotatable bonds is 9. The summed E-state index contributed by atoms with van der Waals surface area (Å²) >= 11 is 0. The molecule has 11 nitrogen and oxygen atoms in total. The summed E-state index contributed by atoms with van der Waals surface area (Å²) in [7, 11) is 3.11. The van der Waals surface area contributed by atoms with Crippen molar-refractivity contribution in [2.75, 3.05) is 53.6 Å². The van der Waals surface area contributed by atoms with Gasteiger partial charge in [-0.25, -0.2) is 4.68 Å². The molecular formula is C24H27N5O6. The van der Waals surface area contributed by atoms with E-state index in [2.05, 4.69) is 15.3 Å². The van der Waals surface area contributed by atoms with Crippen molar-refractivity contribution < 1.29 is 23.9 Å². The Kier molecular flexibility index (Phi) is 7.58. The van der Waals surface area contributed by atoms with Gasteiger partial charge in [0, 0.05) is 49.9 Å². The summed E-state index contributed by atoms with van der Waals surface area (Å²) in [5.74, 6) is 0.862. The van der Waals surface area contributed by atoms with Gasteiger partial charge in [-0.1, -0.05) is 0 Å². The van der Waals surface area contributed by atoms with Crippen molar-refractivity contribution in [2.24, 2.45) is 0 Å². The summed E-state index contributed by atoms with van der Waals surface area (Å²) in [4.78, 5) is 26.0. The van der Waals surface area contributed by atoms with Gasteiger partial charge in [0.25, 0.3) is 11.6 Å². The molecule has 2 heterocycles. The molecule has 1 fully saturated rings. The molecule has 3 aromatic rings. The number of benzene rings is 2. The van der Waals surface area contributed by atoms with Gasteiger partial charge >= 0.3 is 0 Å². The van der Waals surface area contributed by atoms with Crippen LogP contribution in [-0.2, 0) is 4.74 Å². The van der Waals surface area contributed by atoms with Crippen LogP contribution in [0.3, 0.4) is 0 Å². The number of amides is 1. The van der Waals surface area contributed by atoms with Crippen LogP contribution in [0.5, 0.6) is 11.5 Å². The molecule has 0 unspecified atom stereocenters. The van der Waals surface area contributed by atoms with Crippen molar-refractivity contribution in [3.63, 3.8) is 0 Å². The van der Waals surface area contributed by atoms with Crippen LogP contribution in [0, 0.1) is 10.1 Å². The van der Waals surface area contributed by atoms with Gasteiger partial charge in [-0.3, -0.25) is 19.8 Å². The first-order valence-electron chi connectivity index (χ1n) is 11.2. The minimum Gasteiger partial charge on any atom is -0.497 e. The lowest BCUT2D eigenvalue weighted by atomic mass is 10.1. The predicted octanol–water partition coefficient (Wildman–Crippen LogP) is 2.53. The second kappa shape index (κ2) is 11.0. The van der Waals surface area contributed by atoms with Crippen LogP contribution in [0.2, 0.25) is 0 Å². The maximum absolute atomic E-state index is 13.2. The Balaban J connectivity index is 1.65. The summed E-state index contributed by atoms with van der Waals surface area (Å²) in [6, 6.07) is 12.9. The van der Waals surface area contributed by atoms with E-state index in [0.29, 0.717) is 60.4 Å². The number of morpholine rings is 1. The fourth-order valence-electron chi connectivity index (χ4n) is 3.84. The standard InChI is InChI=1S/C24H27N5O6/c1-33-19-7-8-20(23(15-19)34-2)21-16-22(24(30)25-9-10-27-11-13-35-14-12-27)28(26-21)17-3-5-18(6-4-17)29(31)32/h3-8,15-16H,9-14H2,1-2H3,(H,25,30). The van der Waals surface area contributed by atoms with Crippen LogP contribution < -0.4 is 14.8 Å². The fourth-order valence-corrected chi connectivity index (χ4v) is 3.84. The van der Waals surface area contributed by atoms with E-state index in [4.69, 9.17) is 14.2 Å². The first-order chi connectivity index (χ1) is 17.0. The Morgan fingerprint density at radius 2 is 1.86 bits per heavy atom. The Hall–Kier alpha value is -3.96. The van der Waals surface area contributed by atoms with Gasteiger partial charge < -0.3 is 19.5 Å². The number of nitrogens with one attached hydrogen (secondary N) is 1. The van der Waals surface area contributed by atoms with Gasteiger partial charge in [0.15, 0.2) is 0 Å². The molecular weight excluding hydrogens is 454 g/mol. The van der Waals surface area contributed by atoms with E-state index in [0.717, 1.165) is 13.1 Å². The second-order valence-corrected chi connectivity index (χ2v) is 7.88. The second-order valence-electron chi connectivity index (χ2n) is 7.88. The molecule has 0 atom stereocenters. The average Bonchev–Trinajstić information content (AvgIpc) is 3.34. The van der Waals surface area contributed by atoms with Crippen molar-refractivity contribution in [2.45, 2.75) is 0 Å². The van der Waals surface area contributed by atoms with E-state index in [1.54, 1.807) is 50.6 Å². The number of ether oxygens (including phenoxy) is 3. The fraction of sp³-hybridized carbons (Fsp3) is 0.333. The summed E-state index contributed by atoms with van der Waals surface area (Å²) in [6.07, 6.45) is 0. The molecule has 0 radical (unpaired) electrons. The van der Waals surface area contributed by atoms with Gasteiger partial charge in [0.05, 0.1) is 43.7 Å². The summed E-state index contributed by atoms with van der Waals surface area (Å²) in [6.45, 7) is 4.21. The van der Waals surface area contributed by atoms with E-state index in [1.807, 2.05) is 0 Å². The number of nitro groups is 1. The molecule has 0 bridgehead atoms. The van der Waals surface area contributed by atoms with Crippen LogP contribution in [0.1, 0.15) is 10.5 Å². The largest absolute Gasteiger partial charge is 0.497 e. The number of nitrogens with zero attached hydrogens (tertiary/aromatic N) is 4. The topological polar surface area (TPSA) is 121 Å². The van der Waals surface area contributed by atoms with E-state index < -0.39 is 4.92 Å². The lowest BCUT2D eigenvalue weighted by Gasteiger charge is -2.26. The van der Waals surface area contributed by atoms with E-state index >= 15 is 0 Å². The normalized spacial score (nSPS) is 13.9. The molecule has 1 amide bonds. The molecule has 11 heteroatoms. The molecule has 0 aliphatic carbocycles. The summed E-state index contributed by atoms with van der Waals surface area (Å²) < 4.78 is 17.6. The van der Waals surface area contributed by atoms with Crippen LogP contribution in [0.4, 0.5) is 5.69 Å². The minimum absolute atomic E-state index is 0.0468. The highest BCUT2D eigenvalue weighted by Crippen LogP contribution is 2.33. The molecule has 0 saturated carbocycles. The van der Waals surface area contributed by atoms with Gasteiger partial charge in [0.1, 0.15) is 17.2 Å². The highest BCUT2D eigenvalue weighted by molar-refractivity contribution is 5.94. The highest BCUT2D eigenvalue weighted by atomic mass is 16.6. The Morgan fingerprint density at radius 1 is 1.11 bits per heavy atom. The lowest BCUT2D eigenvalue weighted by molar-refractivity contribution is -0.384. The number of hydrogen-bond acceptors (Lipinski definition) is 8. The third kappa shape index (κ3) is 5.58. The lowest BCUT2D eigenvalue weighted by Crippen LogP contribution is -2.41. The predicted molar refractivity (Wildman–Crippen MR) is 128 cm³/mol. The van der Waals surface area contributed by atoms with Crippen molar-refractivity contribution in [3.8, 4) is 28.4 Å². The van der Waals surface area contributed by atoms with Crippen molar-refractivity contribution >= 4 is 11.6 Å². The number of carbonyl (C=O) groups is 1. The molecule has 35 heavy (non-hydrogen) atoms. The molecule has 4 rings (SSSR count). The zero-order valence-corrected chi connectivity index (χ0v) is 19.6. The molecule has 0 spiro atoms. The van der Waals surface area contributed by atoms with E-state index in [9.17, 15) is 14.9 Å². The van der Waals surface area contributed by atoms with Gasteiger partial charge in [-0.2, -0.15) is 5.10 Å². The maximum Gasteiger partial charge on any atom is 0.270 e. The van der Waals surface area contributed by atoms with E-state index in [-0.39, 0.29) is 11.6 Å². The molecule has 1 aliphatic rings. The van der Waals surface area contributed by atoms with Crippen molar-refractivity contribution in [1.29, 1.82) is 0 Å². The summed E-state index contributed by atoms with van der Waals surface area (Å²) in [5, 5.41) is 18.7. The number of nitro benzene ring substituents is 1. The smallest absolute Gasteiger partial charge is 0.270 e. The monoisotopic (exact) mass is 481 g/mol. The zero-order valence-electron chi connectivity index (χ0n) is 19.6. The van der Waals surface area contributed by atoms with Crippen LogP contribution in [0.15, 0.2) is 48.5 Å². The summed E-state index contributed by atoms with van der Waals surface area (Å²) in [5.41, 5.74) is 1.97. The molecule has 1 aliphatic heterocycles. The molecule has 2 aromatic carbocycles. The van der Waals surface area contributed by atoms with Gasteiger partial charge in [0.2, 0.25) is 0 Å². The minimum atomic E-state index is -0.472. The van der Waals surface area contributed by atoms with Crippen molar-refractivity contribution in [3.05, 3.63) is 64.3 Å². The first-order valence-corrected chi connectivity index (χ1v) is 11.2. The Labute approximate surface area is 202 Å². The molecule has 184 valence electrons. The quantitative estimate of drug-likeness (QED) is 0.366. The number of hydrogen-bond donors (Lipinski definition) is 1. The van der Waals surface area contributed by atoms with Crippen LogP contribution in [-0.4, -0.2) is 79.1 Å².